The Kier molecular flexibility index (Phi) is 8.13. The molecule has 6 nitrogen and oxygen atoms in total. The largest absolute Gasteiger partial charge is 1.00 e. The van der Waals surface area contributed by atoms with E-state index in [4.69, 9.17) is 9.47 Å². The van der Waals surface area contributed by atoms with Gasteiger partial charge in [-0.05, 0) is 18.2 Å². The quantitative estimate of drug-likeness (QED) is 0.201. The van der Waals surface area contributed by atoms with E-state index in [-0.39, 0.29) is 36.5 Å². The van der Waals surface area contributed by atoms with E-state index in [0.717, 1.165) is 7.11 Å². The van der Waals surface area contributed by atoms with E-state index >= 15 is 0 Å². The third kappa shape index (κ3) is 4.63. The van der Waals surface area contributed by atoms with E-state index in [1.54, 1.807) is 12.1 Å². The molecular weight excluding hydrogens is 275 g/mol. The van der Waals surface area contributed by atoms with Crippen molar-refractivity contribution in [2.24, 2.45) is 0 Å². The summed E-state index contributed by atoms with van der Waals surface area (Å²) in [4.78, 5) is 34.3. The molecule has 1 aromatic carbocycles. The number of hydrogen-bond acceptors (Lipinski definition) is 6. The summed E-state index contributed by atoms with van der Waals surface area (Å²) in [6.07, 6.45) is -0.573. The molecule has 1 rings (SSSR count). The Morgan fingerprint density at radius 2 is 1.75 bits per heavy atom. The maximum absolute atomic E-state index is 12.0. The van der Waals surface area contributed by atoms with E-state index in [1.165, 1.54) is 20.3 Å². The first-order chi connectivity index (χ1) is 9.03. The summed E-state index contributed by atoms with van der Waals surface area (Å²) in [6, 6.07) is 4.62. The monoisotopic (exact) mass is 290 g/mol. The Hall–Kier alpha value is -1.37. The molecule has 0 N–H and O–H groups in total. The van der Waals surface area contributed by atoms with Crippen molar-refractivity contribution in [1.82, 2.24) is 0 Å². The summed E-state index contributed by atoms with van der Waals surface area (Å²) >= 11 is 0. The van der Waals surface area contributed by atoms with Gasteiger partial charge >= 0.3 is 35.5 Å². The van der Waals surface area contributed by atoms with Crippen molar-refractivity contribution in [3.63, 3.8) is 0 Å². The molecule has 1 aromatic rings. The number of hydrogen-bond donors (Lipinski definition) is 0. The number of rotatable bonds is 6. The van der Waals surface area contributed by atoms with E-state index in [0.29, 0.717) is 11.5 Å². The van der Waals surface area contributed by atoms with Gasteiger partial charge in [-0.15, -0.1) is 0 Å². The molecule has 0 aromatic heterocycles. The summed E-state index contributed by atoms with van der Waals surface area (Å²) in [5.74, 6) is -1.73. The van der Waals surface area contributed by atoms with Gasteiger partial charge in [-0.2, -0.15) is 0 Å². The van der Waals surface area contributed by atoms with Gasteiger partial charge in [-0.25, -0.2) is 4.79 Å². The third-order valence-corrected chi connectivity index (χ3v) is 2.44. The van der Waals surface area contributed by atoms with Crippen molar-refractivity contribution >= 4 is 17.5 Å². The Labute approximate surface area is 140 Å². The minimum Gasteiger partial charge on any atom is -1.00 e. The van der Waals surface area contributed by atoms with Gasteiger partial charge in [-0.3, -0.25) is 9.59 Å². The Morgan fingerprint density at radius 3 is 2.25 bits per heavy atom. The normalized spacial score (nSPS) is 9.15. The Balaban J connectivity index is 0. The number of Topliss-reactive ketones (excluding diaryl/α,β-unsaturated/α-hetero) is 2. The van der Waals surface area contributed by atoms with Crippen molar-refractivity contribution in [3.05, 3.63) is 23.8 Å². The van der Waals surface area contributed by atoms with Crippen molar-refractivity contribution in [2.45, 2.75) is 6.42 Å². The van der Waals surface area contributed by atoms with Crippen LogP contribution >= 0.6 is 0 Å². The second kappa shape index (κ2) is 8.73. The van der Waals surface area contributed by atoms with Crippen LogP contribution in [0.15, 0.2) is 18.2 Å². The first-order valence-corrected chi connectivity index (χ1v) is 5.39. The first kappa shape index (κ1) is 18.6. The van der Waals surface area contributed by atoms with Crippen LogP contribution in [-0.4, -0.2) is 38.9 Å². The standard InChI is InChI=1S/C13H14O6.Na.H/c1-17-8-4-5-12(18-2)9(6-8)10(14)7-11(15)13(16)19-3;;/h4-6H,7H2,1-3H3;;/q;+1;-1. The van der Waals surface area contributed by atoms with E-state index in [9.17, 15) is 14.4 Å². The smallest absolute Gasteiger partial charge is 1.00 e. The van der Waals surface area contributed by atoms with Crippen LogP contribution in [0.4, 0.5) is 0 Å². The molecule has 20 heavy (non-hydrogen) atoms. The predicted molar refractivity (Wildman–Crippen MR) is 66.6 cm³/mol. The van der Waals surface area contributed by atoms with Crippen LogP contribution < -0.4 is 39.0 Å². The summed E-state index contributed by atoms with van der Waals surface area (Å²) in [5, 5.41) is 0. The molecule has 0 spiro atoms. The zero-order valence-corrected chi connectivity index (χ0v) is 13.9. The van der Waals surface area contributed by atoms with Crippen LogP contribution in [0.2, 0.25) is 0 Å². The molecule has 7 heteroatoms. The number of ketones is 2. The number of esters is 1. The van der Waals surface area contributed by atoms with Gasteiger partial charge in [0.1, 0.15) is 11.5 Å². The molecule has 0 amide bonds. The van der Waals surface area contributed by atoms with Gasteiger partial charge < -0.3 is 15.6 Å². The number of carbonyl (C=O) groups excluding carboxylic acids is 3. The van der Waals surface area contributed by atoms with Crippen LogP contribution in [0.3, 0.4) is 0 Å². The van der Waals surface area contributed by atoms with Crippen molar-refractivity contribution in [1.29, 1.82) is 0 Å². The summed E-state index contributed by atoms with van der Waals surface area (Å²) < 4.78 is 14.3. The van der Waals surface area contributed by atoms with E-state index in [2.05, 4.69) is 4.74 Å². The molecular formula is C13H15NaO6. The summed E-state index contributed by atoms with van der Waals surface area (Å²) in [6.45, 7) is 0. The fourth-order valence-electron chi connectivity index (χ4n) is 1.46. The van der Waals surface area contributed by atoms with Gasteiger partial charge in [0.2, 0.25) is 5.78 Å². The molecule has 0 radical (unpaired) electrons. The van der Waals surface area contributed by atoms with Crippen LogP contribution in [0.5, 0.6) is 11.5 Å². The average molecular weight is 290 g/mol. The molecule has 0 fully saturated rings. The molecule has 0 heterocycles. The maximum atomic E-state index is 12.0. The van der Waals surface area contributed by atoms with Crippen LogP contribution in [0.25, 0.3) is 0 Å². The van der Waals surface area contributed by atoms with Crippen LogP contribution in [0.1, 0.15) is 18.2 Å². The Bertz CT molecular complexity index is 517. The second-order valence-electron chi connectivity index (χ2n) is 3.58. The number of benzene rings is 1. The molecule has 0 bridgehead atoms. The molecule has 0 saturated carbocycles. The molecule has 0 saturated heterocycles. The van der Waals surface area contributed by atoms with Crippen LogP contribution in [-0.2, 0) is 14.3 Å². The van der Waals surface area contributed by atoms with Gasteiger partial charge in [0.25, 0.3) is 0 Å². The van der Waals surface area contributed by atoms with Gasteiger partial charge in [0, 0.05) is 0 Å². The number of ether oxygens (including phenoxy) is 3. The molecule has 0 atom stereocenters. The third-order valence-electron chi connectivity index (χ3n) is 2.44. The van der Waals surface area contributed by atoms with Crippen molar-refractivity contribution < 1.29 is 59.6 Å². The second-order valence-corrected chi connectivity index (χ2v) is 3.58. The predicted octanol–water partition coefficient (Wildman–Crippen LogP) is -1.86. The molecule has 0 aliphatic rings. The zero-order chi connectivity index (χ0) is 14.4. The first-order valence-electron chi connectivity index (χ1n) is 5.39. The minimum atomic E-state index is -1.05. The summed E-state index contributed by atoms with van der Waals surface area (Å²) in [7, 11) is 3.94. The summed E-state index contributed by atoms with van der Waals surface area (Å²) in [5.41, 5.74) is 0.180. The fraction of sp³-hybridized carbons (Fsp3) is 0.308. The molecule has 0 unspecified atom stereocenters. The zero-order valence-electron chi connectivity index (χ0n) is 12.9. The van der Waals surface area contributed by atoms with Crippen molar-refractivity contribution in [3.8, 4) is 11.5 Å². The Morgan fingerprint density at radius 1 is 1.10 bits per heavy atom. The van der Waals surface area contributed by atoms with E-state index in [1.807, 2.05) is 0 Å². The van der Waals surface area contributed by atoms with Crippen molar-refractivity contribution in [2.75, 3.05) is 21.3 Å². The van der Waals surface area contributed by atoms with Crippen LogP contribution in [0, 0.1) is 0 Å². The van der Waals surface area contributed by atoms with E-state index < -0.39 is 24.0 Å². The van der Waals surface area contributed by atoms with Gasteiger partial charge in [0.15, 0.2) is 5.78 Å². The topological polar surface area (TPSA) is 78.9 Å². The number of carbonyl (C=O) groups is 3. The van der Waals surface area contributed by atoms with Gasteiger partial charge in [0.05, 0.1) is 33.3 Å². The van der Waals surface area contributed by atoms with Gasteiger partial charge in [-0.1, -0.05) is 0 Å². The molecule has 104 valence electrons. The maximum Gasteiger partial charge on any atom is 1.00 e. The average Bonchev–Trinajstić information content (AvgIpc) is 2.45. The molecule has 0 aliphatic carbocycles. The SMILES string of the molecule is COC(=O)C(=O)CC(=O)c1cc(OC)ccc1OC.[H-].[Na+]. The number of methoxy groups -OCH3 is 3. The fourth-order valence-corrected chi connectivity index (χ4v) is 1.46. The minimum absolute atomic E-state index is 0. The molecule has 0 aliphatic heterocycles.